The Labute approximate surface area is 122 Å². The maximum atomic E-state index is 5.85. The molecule has 0 saturated heterocycles. The average molecular weight is 280 g/mol. The van der Waals surface area contributed by atoms with Crippen molar-refractivity contribution >= 4 is 17.1 Å². The highest BCUT2D eigenvalue weighted by atomic mass is 16.4. The number of hydrogen-bond acceptors (Lipinski definition) is 5. The second kappa shape index (κ2) is 4.84. The second-order valence-electron chi connectivity index (χ2n) is 5.25. The molecule has 0 atom stereocenters. The summed E-state index contributed by atoms with van der Waals surface area (Å²) in [5.74, 6) is 0.896. The van der Waals surface area contributed by atoms with Gasteiger partial charge < -0.3 is 9.32 Å². The van der Waals surface area contributed by atoms with Gasteiger partial charge in [-0.05, 0) is 24.1 Å². The zero-order chi connectivity index (χ0) is 14.2. The Morgan fingerprint density at radius 3 is 3.00 bits per heavy atom. The van der Waals surface area contributed by atoms with Crippen LogP contribution >= 0.6 is 0 Å². The van der Waals surface area contributed by atoms with Crippen LogP contribution in [0.25, 0.3) is 11.1 Å². The zero-order valence-electron chi connectivity index (χ0n) is 11.9. The third-order valence-electron chi connectivity index (χ3n) is 3.87. The summed E-state index contributed by atoms with van der Waals surface area (Å²) in [4.78, 5) is 15.7. The summed E-state index contributed by atoms with van der Waals surface area (Å²) in [7, 11) is 0. The number of para-hydroxylation sites is 2. The number of aromatic nitrogens is 3. The Hall–Kier alpha value is -2.43. The molecule has 3 aromatic rings. The minimum absolute atomic E-state index is 0.679. The Balaban J connectivity index is 1.67. The molecule has 0 N–H and O–H groups in total. The summed E-state index contributed by atoms with van der Waals surface area (Å²) in [6.45, 7) is 3.69. The van der Waals surface area contributed by atoms with Gasteiger partial charge in [0.2, 0.25) is 0 Å². The SMILES string of the molecule is CCc1ncc2c(n1)CN(c1nc3ccccc3o1)CC2. The number of benzene rings is 1. The van der Waals surface area contributed by atoms with E-state index in [4.69, 9.17) is 4.42 Å². The third kappa shape index (κ3) is 2.14. The van der Waals surface area contributed by atoms with Gasteiger partial charge in [0.05, 0.1) is 12.2 Å². The van der Waals surface area contributed by atoms with Crippen LogP contribution in [0.5, 0.6) is 0 Å². The van der Waals surface area contributed by atoms with Gasteiger partial charge in [-0.3, -0.25) is 0 Å². The molecule has 0 spiro atoms. The summed E-state index contributed by atoms with van der Waals surface area (Å²) in [5.41, 5.74) is 4.06. The molecule has 1 aromatic carbocycles. The van der Waals surface area contributed by atoms with Crippen molar-refractivity contribution < 1.29 is 4.42 Å². The van der Waals surface area contributed by atoms with Crippen molar-refractivity contribution in [3.8, 4) is 0 Å². The van der Waals surface area contributed by atoms with Gasteiger partial charge in [-0.25, -0.2) is 9.97 Å². The summed E-state index contributed by atoms with van der Waals surface area (Å²) >= 11 is 0. The van der Waals surface area contributed by atoms with Crippen LogP contribution in [0.3, 0.4) is 0 Å². The number of aryl methyl sites for hydroxylation is 1. The Morgan fingerprint density at radius 1 is 1.24 bits per heavy atom. The van der Waals surface area contributed by atoms with Crippen molar-refractivity contribution in [2.24, 2.45) is 0 Å². The van der Waals surface area contributed by atoms with E-state index in [-0.39, 0.29) is 0 Å². The molecule has 0 fully saturated rings. The number of nitrogens with zero attached hydrogens (tertiary/aromatic N) is 4. The first-order chi connectivity index (χ1) is 10.3. The van der Waals surface area contributed by atoms with E-state index in [0.717, 1.165) is 48.5 Å². The van der Waals surface area contributed by atoms with Crippen LogP contribution in [0.2, 0.25) is 0 Å². The van der Waals surface area contributed by atoms with Gasteiger partial charge in [-0.2, -0.15) is 4.98 Å². The first kappa shape index (κ1) is 12.3. The first-order valence-electron chi connectivity index (χ1n) is 7.27. The van der Waals surface area contributed by atoms with Gasteiger partial charge in [0.25, 0.3) is 6.01 Å². The predicted octanol–water partition coefficient (Wildman–Crippen LogP) is 2.74. The van der Waals surface area contributed by atoms with Crippen LogP contribution in [0.4, 0.5) is 6.01 Å². The Kier molecular flexibility index (Phi) is 2.84. The number of rotatable bonds is 2. The number of fused-ring (bicyclic) bond motifs is 2. The van der Waals surface area contributed by atoms with Crippen molar-refractivity contribution in [1.82, 2.24) is 15.0 Å². The lowest BCUT2D eigenvalue weighted by atomic mass is 10.1. The normalized spacial score (nSPS) is 14.4. The Bertz CT molecular complexity index is 763. The molecule has 0 unspecified atom stereocenters. The zero-order valence-corrected chi connectivity index (χ0v) is 11.9. The molecule has 1 aliphatic heterocycles. The molecule has 2 aromatic heterocycles. The van der Waals surface area contributed by atoms with E-state index >= 15 is 0 Å². The standard InChI is InChI=1S/C16H16N4O/c1-2-15-17-9-11-7-8-20(10-13(11)18-15)16-19-12-5-3-4-6-14(12)21-16/h3-6,9H,2,7-8,10H2,1H3. The number of hydrogen-bond donors (Lipinski definition) is 0. The maximum Gasteiger partial charge on any atom is 0.298 e. The molecule has 4 rings (SSSR count). The van der Waals surface area contributed by atoms with Gasteiger partial charge in [0.1, 0.15) is 11.3 Å². The molecular formula is C16H16N4O. The van der Waals surface area contributed by atoms with Crippen LogP contribution < -0.4 is 4.90 Å². The van der Waals surface area contributed by atoms with Crippen LogP contribution in [0.15, 0.2) is 34.9 Å². The highest BCUT2D eigenvalue weighted by Crippen LogP contribution is 2.26. The largest absolute Gasteiger partial charge is 0.423 e. The maximum absolute atomic E-state index is 5.85. The molecular weight excluding hydrogens is 264 g/mol. The summed E-state index contributed by atoms with van der Waals surface area (Å²) in [5, 5.41) is 0. The van der Waals surface area contributed by atoms with Gasteiger partial charge in [-0.1, -0.05) is 19.1 Å². The fourth-order valence-electron chi connectivity index (χ4n) is 2.67. The van der Waals surface area contributed by atoms with Gasteiger partial charge in [0.15, 0.2) is 5.58 Å². The molecule has 106 valence electrons. The topological polar surface area (TPSA) is 55.1 Å². The average Bonchev–Trinajstić information content (AvgIpc) is 2.97. The molecule has 21 heavy (non-hydrogen) atoms. The highest BCUT2D eigenvalue weighted by molar-refractivity contribution is 5.74. The van der Waals surface area contributed by atoms with Gasteiger partial charge in [-0.15, -0.1) is 0 Å². The smallest absolute Gasteiger partial charge is 0.298 e. The first-order valence-corrected chi connectivity index (χ1v) is 7.27. The van der Waals surface area contributed by atoms with E-state index in [2.05, 4.69) is 26.8 Å². The van der Waals surface area contributed by atoms with Crippen molar-refractivity contribution in [2.45, 2.75) is 26.3 Å². The number of anilines is 1. The lowest BCUT2D eigenvalue weighted by Gasteiger charge is -2.26. The van der Waals surface area contributed by atoms with Crippen LogP contribution in [0, 0.1) is 0 Å². The van der Waals surface area contributed by atoms with E-state index in [1.54, 1.807) is 0 Å². The van der Waals surface area contributed by atoms with Crippen molar-refractivity contribution in [1.29, 1.82) is 0 Å². The van der Waals surface area contributed by atoms with E-state index in [0.29, 0.717) is 6.01 Å². The van der Waals surface area contributed by atoms with Crippen molar-refractivity contribution in [2.75, 3.05) is 11.4 Å². The third-order valence-corrected chi connectivity index (χ3v) is 3.87. The second-order valence-corrected chi connectivity index (χ2v) is 5.25. The quantitative estimate of drug-likeness (QED) is 0.722. The summed E-state index contributed by atoms with van der Waals surface area (Å²) < 4.78 is 5.85. The molecule has 5 heteroatoms. The van der Waals surface area contributed by atoms with Crippen LogP contribution in [-0.2, 0) is 19.4 Å². The van der Waals surface area contributed by atoms with E-state index < -0.39 is 0 Å². The lowest BCUT2D eigenvalue weighted by molar-refractivity contribution is 0.548. The predicted molar refractivity (Wildman–Crippen MR) is 80.2 cm³/mol. The van der Waals surface area contributed by atoms with Crippen LogP contribution in [0.1, 0.15) is 24.0 Å². The van der Waals surface area contributed by atoms with E-state index in [1.807, 2.05) is 30.5 Å². The molecule has 3 heterocycles. The van der Waals surface area contributed by atoms with Crippen molar-refractivity contribution in [3.63, 3.8) is 0 Å². The molecule has 0 radical (unpaired) electrons. The van der Waals surface area contributed by atoms with E-state index in [1.165, 1.54) is 5.56 Å². The summed E-state index contributed by atoms with van der Waals surface area (Å²) in [6, 6.07) is 8.53. The molecule has 0 amide bonds. The minimum Gasteiger partial charge on any atom is -0.423 e. The van der Waals surface area contributed by atoms with Crippen molar-refractivity contribution in [3.05, 3.63) is 47.5 Å². The lowest BCUT2D eigenvalue weighted by Crippen LogP contribution is -2.31. The number of oxazole rings is 1. The molecule has 0 bridgehead atoms. The monoisotopic (exact) mass is 280 g/mol. The highest BCUT2D eigenvalue weighted by Gasteiger charge is 2.22. The molecule has 0 aliphatic carbocycles. The molecule has 1 aliphatic rings. The van der Waals surface area contributed by atoms with Gasteiger partial charge in [0, 0.05) is 19.2 Å². The van der Waals surface area contributed by atoms with Gasteiger partial charge >= 0.3 is 0 Å². The molecule has 0 saturated carbocycles. The fraction of sp³-hybridized carbons (Fsp3) is 0.312. The summed E-state index contributed by atoms with van der Waals surface area (Å²) in [6.07, 6.45) is 3.75. The molecule has 5 nitrogen and oxygen atoms in total. The minimum atomic E-state index is 0.679. The van der Waals surface area contributed by atoms with E-state index in [9.17, 15) is 0 Å². The van der Waals surface area contributed by atoms with Crippen LogP contribution in [-0.4, -0.2) is 21.5 Å². The fourth-order valence-corrected chi connectivity index (χ4v) is 2.67. The Morgan fingerprint density at radius 2 is 2.14 bits per heavy atom.